The molecule has 1 aliphatic heterocycles. The Bertz CT molecular complexity index is 1480. The number of nitrogens with one attached hydrogen (secondary N) is 1. The van der Waals surface area contributed by atoms with Crippen molar-refractivity contribution in [3.8, 4) is 11.3 Å². The molecule has 3 heterocycles. The van der Waals surface area contributed by atoms with E-state index >= 15 is 0 Å². The van der Waals surface area contributed by atoms with Gasteiger partial charge in [0.25, 0.3) is 0 Å². The molecule has 0 aliphatic carbocycles. The molecule has 2 atom stereocenters. The SMILES string of the molecule is CC(O)(c1cccc(F)c1)c1cc(-c2c[nH]c3c2=CC(c2ccc(CO)cc2)CN=3)nc(N)n1. The summed E-state index contributed by atoms with van der Waals surface area (Å²) in [5, 5.41) is 21.4. The topological polar surface area (TPSA) is 120 Å². The van der Waals surface area contributed by atoms with Crippen molar-refractivity contribution < 1.29 is 14.6 Å². The van der Waals surface area contributed by atoms with Gasteiger partial charge in [0, 0.05) is 22.9 Å². The van der Waals surface area contributed by atoms with Gasteiger partial charge in [-0.05, 0) is 41.8 Å². The van der Waals surface area contributed by atoms with Gasteiger partial charge in [0.1, 0.15) is 16.9 Å². The Morgan fingerprint density at radius 1 is 1.15 bits per heavy atom. The van der Waals surface area contributed by atoms with Crippen LogP contribution in [0.25, 0.3) is 17.3 Å². The third kappa shape index (κ3) is 3.98. The summed E-state index contributed by atoms with van der Waals surface area (Å²) in [6.45, 7) is 2.15. The lowest BCUT2D eigenvalue weighted by Crippen LogP contribution is -2.30. The Hall–Kier alpha value is -3.88. The molecule has 7 nitrogen and oxygen atoms in total. The quantitative estimate of drug-likeness (QED) is 0.366. The number of hydrogen-bond acceptors (Lipinski definition) is 6. The molecule has 5 rings (SSSR count). The van der Waals surface area contributed by atoms with E-state index in [1.807, 2.05) is 30.5 Å². The van der Waals surface area contributed by atoms with Crippen LogP contribution in [0.4, 0.5) is 10.3 Å². The minimum Gasteiger partial charge on any atom is -0.392 e. The number of benzene rings is 2. The van der Waals surface area contributed by atoms with Crippen molar-refractivity contribution in [3.05, 3.63) is 99.7 Å². The van der Waals surface area contributed by atoms with Crippen LogP contribution in [0.15, 0.2) is 65.8 Å². The molecule has 0 spiro atoms. The Morgan fingerprint density at radius 2 is 1.94 bits per heavy atom. The fourth-order valence-electron chi connectivity index (χ4n) is 4.24. The van der Waals surface area contributed by atoms with E-state index in [-0.39, 0.29) is 24.2 Å². The molecule has 2 aromatic carbocycles. The Labute approximate surface area is 195 Å². The molecular formula is C26H24FN5O2. The number of aromatic nitrogens is 3. The minimum atomic E-state index is -1.57. The molecule has 0 bridgehead atoms. The van der Waals surface area contributed by atoms with Gasteiger partial charge in [0.2, 0.25) is 5.95 Å². The van der Waals surface area contributed by atoms with Gasteiger partial charge in [-0.2, -0.15) is 0 Å². The molecule has 0 saturated heterocycles. The number of aromatic amines is 1. The monoisotopic (exact) mass is 457 g/mol. The van der Waals surface area contributed by atoms with Gasteiger partial charge in [0.15, 0.2) is 0 Å². The van der Waals surface area contributed by atoms with Crippen molar-refractivity contribution >= 4 is 12.0 Å². The van der Waals surface area contributed by atoms with Gasteiger partial charge in [-0.3, -0.25) is 4.99 Å². The molecule has 4 aromatic rings. The van der Waals surface area contributed by atoms with Gasteiger partial charge in [-0.1, -0.05) is 42.5 Å². The smallest absolute Gasteiger partial charge is 0.220 e. The molecular weight excluding hydrogens is 433 g/mol. The van der Waals surface area contributed by atoms with Crippen molar-refractivity contribution in [1.82, 2.24) is 15.0 Å². The standard InChI is InChI=1S/C26H24FN5O2/c1-26(34,18-3-2-4-19(27)10-18)23-11-22(31-25(28)32-23)21-13-30-24-20(21)9-17(12-29-24)16-7-5-15(14-33)6-8-16/h2-11,13,17,33-34H,12,14H2,1H3,(H,29,30)(H2,28,31,32). The Kier molecular flexibility index (Phi) is 5.47. The number of rotatable bonds is 5. The van der Waals surface area contributed by atoms with Crippen molar-refractivity contribution in [2.24, 2.45) is 4.99 Å². The van der Waals surface area contributed by atoms with Crippen LogP contribution in [-0.2, 0) is 12.2 Å². The van der Waals surface area contributed by atoms with E-state index in [1.54, 1.807) is 19.1 Å². The first-order chi connectivity index (χ1) is 16.3. The van der Waals surface area contributed by atoms with E-state index in [1.165, 1.54) is 18.2 Å². The fourth-order valence-corrected chi connectivity index (χ4v) is 4.24. The van der Waals surface area contributed by atoms with Crippen molar-refractivity contribution in [2.45, 2.75) is 25.0 Å². The van der Waals surface area contributed by atoms with E-state index < -0.39 is 11.4 Å². The highest BCUT2D eigenvalue weighted by Gasteiger charge is 2.29. The maximum Gasteiger partial charge on any atom is 0.220 e. The fraction of sp³-hybridized carbons (Fsp3) is 0.192. The summed E-state index contributed by atoms with van der Waals surface area (Å²) >= 11 is 0. The van der Waals surface area contributed by atoms with Crippen molar-refractivity contribution in [3.63, 3.8) is 0 Å². The van der Waals surface area contributed by atoms with E-state index in [0.717, 1.165) is 27.4 Å². The zero-order valence-electron chi connectivity index (χ0n) is 18.5. The first-order valence-electron chi connectivity index (χ1n) is 10.9. The average molecular weight is 458 g/mol. The number of hydrogen-bond donors (Lipinski definition) is 4. The molecule has 2 unspecified atom stereocenters. The summed E-state index contributed by atoms with van der Waals surface area (Å²) in [7, 11) is 0. The van der Waals surface area contributed by atoms with Crippen LogP contribution < -0.4 is 16.4 Å². The number of nitrogen functional groups attached to an aromatic ring is 1. The Morgan fingerprint density at radius 3 is 2.68 bits per heavy atom. The molecule has 34 heavy (non-hydrogen) atoms. The molecule has 2 aromatic heterocycles. The molecule has 0 amide bonds. The minimum absolute atomic E-state index is 0.00199. The second-order valence-electron chi connectivity index (χ2n) is 8.56. The summed E-state index contributed by atoms with van der Waals surface area (Å²) in [6.07, 6.45) is 3.94. The van der Waals surface area contributed by atoms with Crippen LogP contribution in [0.2, 0.25) is 0 Å². The van der Waals surface area contributed by atoms with Gasteiger partial charge in [0.05, 0.1) is 24.5 Å². The molecule has 0 radical (unpaired) electrons. The normalized spacial score (nSPS) is 16.8. The van der Waals surface area contributed by atoms with Crippen LogP contribution >= 0.6 is 0 Å². The number of nitrogens with two attached hydrogens (primary N) is 1. The maximum absolute atomic E-state index is 13.8. The number of H-pyrrole nitrogens is 1. The van der Waals surface area contributed by atoms with E-state index in [4.69, 9.17) is 5.73 Å². The molecule has 172 valence electrons. The van der Waals surface area contributed by atoms with Crippen LogP contribution in [0.3, 0.4) is 0 Å². The number of anilines is 1. The average Bonchev–Trinajstić information content (AvgIpc) is 3.27. The summed E-state index contributed by atoms with van der Waals surface area (Å²) < 4.78 is 13.8. The first-order valence-corrected chi connectivity index (χ1v) is 10.9. The summed E-state index contributed by atoms with van der Waals surface area (Å²) in [6, 6.07) is 15.2. The van der Waals surface area contributed by atoms with Gasteiger partial charge < -0.3 is 20.9 Å². The Balaban J connectivity index is 1.58. The van der Waals surface area contributed by atoms with Crippen LogP contribution in [0.1, 0.15) is 35.2 Å². The molecule has 8 heteroatoms. The van der Waals surface area contributed by atoms with Gasteiger partial charge in [-0.15, -0.1) is 0 Å². The highest BCUT2D eigenvalue weighted by atomic mass is 19.1. The lowest BCUT2D eigenvalue weighted by molar-refractivity contribution is 0.0971. The number of halogens is 1. The molecule has 1 aliphatic rings. The highest BCUT2D eigenvalue weighted by molar-refractivity contribution is 5.64. The second-order valence-corrected chi connectivity index (χ2v) is 8.56. The van der Waals surface area contributed by atoms with Gasteiger partial charge in [-0.25, -0.2) is 14.4 Å². The van der Waals surface area contributed by atoms with E-state index in [2.05, 4.69) is 26.0 Å². The third-order valence-corrected chi connectivity index (χ3v) is 6.21. The van der Waals surface area contributed by atoms with Crippen molar-refractivity contribution in [2.75, 3.05) is 12.3 Å². The molecule has 0 saturated carbocycles. The predicted octanol–water partition coefficient (Wildman–Crippen LogP) is 2.14. The first kappa shape index (κ1) is 21.9. The number of nitrogens with zero attached hydrogens (tertiary/aromatic N) is 3. The van der Waals surface area contributed by atoms with Crippen LogP contribution in [-0.4, -0.2) is 31.7 Å². The van der Waals surface area contributed by atoms with Crippen LogP contribution in [0.5, 0.6) is 0 Å². The zero-order valence-corrected chi connectivity index (χ0v) is 18.5. The van der Waals surface area contributed by atoms with E-state index in [9.17, 15) is 14.6 Å². The number of aliphatic hydroxyl groups excluding tert-OH is 1. The van der Waals surface area contributed by atoms with E-state index in [0.29, 0.717) is 17.8 Å². The van der Waals surface area contributed by atoms with Crippen molar-refractivity contribution in [1.29, 1.82) is 0 Å². The number of aliphatic hydroxyl groups is 2. The third-order valence-electron chi connectivity index (χ3n) is 6.21. The predicted molar refractivity (Wildman–Crippen MR) is 127 cm³/mol. The highest BCUT2D eigenvalue weighted by Crippen LogP contribution is 2.30. The summed E-state index contributed by atoms with van der Waals surface area (Å²) in [5.74, 6) is -0.388. The number of fused-ring (bicyclic) bond motifs is 1. The maximum atomic E-state index is 13.8. The second kappa shape index (κ2) is 8.48. The summed E-state index contributed by atoms with van der Waals surface area (Å²) in [5.41, 5.74) is 9.07. The zero-order chi connectivity index (χ0) is 23.9. The van der Waals surface area contributed by atoms with Gasteiger partial charge >= 0.3 is 0 Å². The molecule has 5 N–H and O–H groups in total. The lowest BCUT2D eigenvalue weighted by atomic mass is 9.91. The van der Waals surface area contributed by atoms with Crippen LogP contribution in [0, 0.1) is 5.82 Å². The summed E-state index contributed by atoms with van der Waals surface area (Å²) in [4.78, 5) is 16.5. The largest absolute Gasteiger partial charge is 0.392 e. The lowest BCUT2D eigenvalue weighted by Gasteiger charge is -2.24. The molecule has 0 fully saturated rings.